The molecule has 0 aliphatic heterocycles. The van der Waals surface area contributed by atoms with Gasteiger partial charge in [0.25, 0.3) is 10.0 Å². The fourth-order valence-electron chi connectivity index (χ4n) is 1.45. The Balaban J connectivity index is 2.06. The van der Waals surface area contributed by atoms with Gasteiger partial charge in [0.15, 0.2) is 0 Å². The van der Waals surface area contributed by atoms with Crippen molar-refractivity contribution < 1.29 is 17.9 Å². The number of benzene rings is 1. The van der Waals surface area contributed by atoms with Gasteiger partial charge in [0, 0.05) is 11.8 Å². The van der Waals surface area contributed by atoms with E-state index >= 15 is 0 Å². The largest absolute Gasteiger partial charge is 0.497 e. The second kappa shape index (κ2) is 5.93. The maximum absolute atomic E-state index is 11.8. The molecule has 0 unspecified atom stereocenters. The highest BCUT2D eigenvalue weighted by Crippen LogP contribution is 2.18. The summed E-state index contributed by atoms with van der Waals surface area (Å²) in [6.45, 7) is 0. The Bertz CT molecular complexity index is 696. The fourth-order valence-corrected chi connectivity index (χ4v) is 3.35. The van der Waals surface area contributed by atoms with Crippen molar-refractivity contribution >= 4 is 33.1 Å². The minimum absolute atomic E-state index is 0.0818. The van der Waals surface area contributed by atoms with Crippen molar-refractivity contribution in [2.75, 3.05) is 12.4 Å². The lowest BCUT2D eigenvalue weighted by Crippen LogP contribution is -2.33. The Labute approximate surface area is 120 Å². The van der Waals surface area contributed by atoms with E-state index in [9.17, 15) is 13.2 Å². The normalized spacial score (nSPS) is 10.8. The number of hydrogen-bond donors (Lipinski definition) is 2. The van der Waals surface area contributed by atoms with E-state index in [0.29, 0.717) is 11.4 Å². The van der Waals surface area contributed by atoms with E-state index in [2.05, 4.69) is 5.32 Å². The van der Waals surface area contributed by atoms with Crippen molar-refractivity contribution in [2.45, 2.75) is 4.21 Å². The first-order valence-corrected chi connectivity index (χ1v) is 7.89. The molecule has 1 aromatic carbocycles. The second-order valence-electron chi connectivity index (χ2n) is 3.72. The minimum Gasteiger partial charge on any atom is -0.497 e. The number of methoxy groups -OCH3 is 1. The third kappa shape index (κ3) is 3.49. The van der Waals surface area contributed by atoms with E-state index in [0.717, 1.165) is 11.3 Å². The van der Waals surface area contributed by atoms with Crippen LogP contribution < -0.4 is 14.8 Å². The van der Waals surface area contributed by atoms with Crippen LogP contribution in [0.4, 0.5) is 10.5 Å². The first kappa shape index (κ1) is 14.4. The summed E-state index contributed by atoms with van der Waals surface area (Å²) in [6, 6.07) is 8.79. The van der Waals surface area contributed by atoms with Crippen molar-refractivity contribution in [3.8, 4) is 5.75 Å². The molecule has 2 rings (SSSR count). The number of carbonyl (C=O) groups excluding carboxylic acids is 1. The van der Waals surface area contributed by atoms with Crippen LogP contribution >= 0.6 is 11.3 Å². The van der Waals surface area contributed by atoms with E-state index in [4.69, 9.17) is 4.74 Å². The molecule has 106 valence electrons. The zero-order valence-electron chi connectivity index (χ0n) is 10.5. The number of nitrogens with one attached hydrogen (secondary N) is 2. The lowest BCUT2D eigenvalue weighted by atomic mass is 10.3. The third-order valence-corrected chi connectivity index (χ3v) is 5.04. The zero-order chi connectivity index (χ0) is 14.6. The molecule has 0 spiro atoms. The number of rotatable bonds is 4. The quantitative estimate of drug-likeness (QED) is 0.907. The number of thiophene rings is 1. The van der Waals surface area contributed by atoms with Gasteiger partial charge in [0.1, 0.15) is 9.96 Å². The average molecular weight is 312 g/mol. The molecule has 0 saturated carbocycles. The molecular weight excluding hydrogens is 300 g/mol. The van der Waals surface area contributed by atoms with Crippen LogP contribution in [-0.2, 0) is 10.0 Å². The molecule has 6 nitrogen and oxygen atoms in total. The number of hydrogen-bond acceptors (Lipinski definition) is 5. The van der Waals surface area contributed by atoms with Crippen LogP contribution in [0, 0.1) is 0 Å². The number of anilines is 1. The van der Waals surface area contributed by atoms with Gasteiger partial charge in [0.05, 0.1) is 7.11 Å². The van der Waals surface area contributed by atoms with Gasteiger partial charge in [-0.3, -0.25) is 0 Å². The monoisotopic (exact) mass is 312 g/mol. The van der Waals surface area contributed by atoms with Crippen molar-refractivity contribution in [1.29, 1.82) is 0 Å². The van der Waals surface area contributed by atoms with Gasteiger partial charge >= 0.3 is 6.03 Å². The van der Waals surface area contributed by atoms with Crippen LogP contribution in [0.15, 0.2) is 46.0 Å². The molecule has 0 aliphatic rings. The number of sulfonamides is 1. The molecule has 0 atom stereocenters. The summed E-state index contributed by atoms with van der Waals surface area (Å²) in [5, 5.41) is 4.05. The number of amides is 2. The number of ether oxygens (including phenoxy) is 1. The van der Waals surface area contributed by atoms with Crippen LogP contribution in [0.1, 0.15) is 0 Å². The lowest BCUT2D eigenvalue weighted by Gasteiger charge is -2.08. The molecule has 2 aromatic rings. The Kier molecular flexibility index (Phi) is 4.26. The smallest absolute Gasteiger partial charge is 0.333 e. The number of carbonyl (C=O) groups is 1. The second-order valence-corrected chi connectivity index (χ2v) is 6.58. The summed E-state index contributed by atoms with van der Waals surface area (Å²) in [7, 11) is -2.33. The maximum Gasteiger partial charge on any atom is 0.333 e. The van der Waals surface area contributed by atoms with Gasteiger partial charge in [-0.15, -0.1) is 11.3 Å². The van der Waals surface area contributed by atoms with Crippen LogP contribution in [0.25, 0.3) is 0 Å². The van der Waals surface area contributed by atoms with Gasteiger partial charge in [-0.1, -0.05) is 12.1 Å². The molecule has 8 heteroatoms. The van der Waals surface area contributed by atoms with E-state index in [-0.39, 0.29) is 4.21 Å². The summed E-state index contributed by atoms with van der Waals surface area (Å²) in [5.74, 6) is 0.559. The summed E-state index contributed by atoms with van der Waals surface area (Å²) in [6.07, 6.45) is 0. The summed E-state index contributed by atoms with van der Waals surface area (Å²) >= 11 is 1.03. The number of urea groups is 1. The van der Waals surface area contributed by atoms with Crippen molar-refractivity contribution in [3.63, 3.8) is 0 Å². The molecule has 1 aromatic heterocycles. The molecule has 0 bridgehead atoms. The Morgan fingerprint density at radius 3 is 2.70 bits per heavy atom. The van der Waals surface area contributed by atoms with E-state index in [1.54, 1.807) is 35.7 Å². The maximum atomic E-state index is 11.8. The molecule has 0 radical (unpaired) electrons. The highest BCUT2D eigenvalue weighted by atomic mass is 32.2. The van der Waals surface area contributed by atoms with Gasteiger partial charge in [-0.2, -0.15) is 0 Å². The Hall–Kier alpha value is -2.06. The van der Waals surface area contributed by atoms with Crippen molar-refractivity contribution in [3.05, 3.63) is 41.8 Å². The Morgan fingerprint density at radius 1 is 1.25 bits per heavy atom. The van der Waals surface area contributed by atoms with Crippen LogP contribution in [-0.4, -0.2) is 21.6 Å². The van der Waals surface area contributed by atoms with Gasteiger partial charge in [-0.25, -0.2) is 17.9 Å². The minimum atomic E-state index is -3.83. The molecular formula is C12H12N2O4S2. The third-order valence-electron chi connectivity index (χ3n) is 2.31. The summed E-state index contributed by atoms with van der Waals surface area (Å²) in [4.78, 5) is 11.7. The zero-order valence-corrected chi connectivity index (χ0v) is 12.1. The van der Waals surface area contributed by atoms with Gasteiger partial charge in [0.2, 0.25) is 0 Å². The first-order valence-electron chi connectivity index (χ1n) is 5.52. The van der Waals surface area contributed by atoms with Crippen LogP contribution in [0.5, 0.6) is 5.75 Å². The molecule has 0 saturated heterocycles. The van der Waals surface area contributed by atoms with E-state index < -0.39 is 16.1 Å². The summed E-state index contributed by atoms with van der Waals surface area (Å²) < 4.78 is 30.7. The molecule has 1 heterocycles. The van der Waals surface area contributed by atoms with E-state index in [1.165, 1.54) is 13.2 Å². The van der Waals surface area contributed by atoms with Crippen molar-refractivity contribution in [1.82, 2.24) is 4.72 Å². The van der Waals surface area contributed by atoms with Gasteiger partial charge < -0.3 is 10.1 Å². The molecule has 2 N–H and O–H groups in total. The fraction of sp³-hybridized carbons (Fsp3) is 0.0833. The first-order chi connectivity index (χ1) is 9.51. The molecule has 0 aliphatic carbocycles. The summed E-state index contributed by atoms with van der Waals surface area (Å²) in [5.41, 5.74) is 0.434. The topological polar surface area (TPSA) is 84.5 Å². The Morgan fingerprint density at radius 2 is 2.05 bits per heavy atom. The molecule has 2 amide bonds. The highest BCUT2D eigenvalue weighted by Gasteiger charge is 2.18. The molecule has 0 fully saturated rings. The van der Waals surface area contributed by atoms with Crippen LogP contribution in [0.2, 0.25) is 0 Å². The predicted octanol–water partition coefficient (Wildman–Crippen LogP) is 2.27. The lowest BCUT2D eigenvalue weighted by molar-refractivity contribution is 0.256. The van der Waals surface area contributed by atoms with Crippen molar-refractivity contribution in [2.24, 2.45) is 0 Å². The van der Waals surface area contributed by atoms with E-state index in [1.807, 2.05) is 4.72 Å². The molecule has 20 heavy (non-hydrogen) atoms. The predicted molar refractivity (Wildman–Crippen MR) is 76.7 cm³/mol. The highest BCUT2D eigenvalue weighted by molar-refractivity contribution is 7.92. The van der Waals surface area contributed by atoms with Gasteiger partial charge in [-0.05, 0) is 23.6 Å². The average Bonchev–Trinajstić information content (AvgIpc) is 2.92. The van der Waals surface area contributed by atoms with Crippen LogP contribution in [0.3, 0.4) is 0 Å². The standard InChI is InChI=1S/C12H12N2O4S2/c1-18-10-5-2-4-9(8-10)13-12(15)14-20(16,17)11-6-3-7-19-11/h2-8H,1H3,(H2,13,14,15). The SMILES string of the molecule is COc1cccc(NC(=O)NS(=O)(=O)c2cccs2)c1.